The summed E-state index contributed by atoms with van der Waals surface area (Å²) in [6.07, 6.45) is 13.8. The van der Waals surface area contributed by atoms with E-state index in [1.165, 1.54) is 82.9 Å². The molecule has 0 aromatic heterocycles. The second-order valence-electron chi connectivity index (χ2n) is 6.64. The zero-order valence-electron chi connectivity index (χ0n) is 13.2. The van der Waals surface area contributed by atoms with Gasteiger partial charge in [0.2, 0.25) is 0 Å². The third-order valence-corrected chi connectivity index (χ3v) is 4.69. The minimum Gasteiger partial charge on any atom is -0.317 e. The van der Waals surface area contributed by atoms with Gasteiger partial charge in [0.1, 0.15) is 0 Å². The molecular formula is C18H33N. The van der Waals surface area contributed by atoms with Gasteiger partial charge in [-0.2, -0.15) is 0 Å². The molecule has 1 fully saturated rings. The molecule has 1 N–H and O–H groups in total. The van der Waals surface area contributed by atoms with E-state index in [-0.39, 0.29) is 0 Å². The van der Waals surface area contributed by atoms with Crippen LogP contribution in [0.3, 0.4) is 0 Å². The second kappa shape index (κ2) is 9.39. The predicted molar refractivity (Wildman–Crippen MR) is 85.5 cm³/mol. The normalized spacial score (nSPS) is 18.0. The van der Waals surface area contributed by atoms with Crippen LogP contribution >= 0.6 is 0 Å². The van der Waals surface area contributed by atoms with E-state index in [0.29, 0.717) is 5.41 Å². The fraction of sp³-hybridized carbons (Fsp3) is 0.833. The van der Waals surface area contributed by atoms with Crippen molar-refractivity contribution in [2.75, 3.05) is 13.1 Å². The highest BCUT2D eigenvalue weighted by molar-refractivity contribution is 4.93. The molecule has 1 heteroatoms. The van der Waals surface area contributed by atoms with Gasteiger partial charge in [0.15, 0.2) is 0 Å². The maximum Gasteiger partial charge on any atom is -0.00437 e. The van der Waals surface area contributed by atoms with Crippen LogP contribution in [0.1, 0.15) is 78.1 Å². The van der Waals surface area contributed by atoms with Crippen molar-refractivity contribution in [3.05, 3.63) is 17.9 Å². The first-order chi connectivity index (χ1) is 9.16. The Morgan fingerprint density at radius 2 is 1.63 bits per heavy atom. The Morgan fingerprint density at radius 3 is 2.26 bits per heavy atom. The highest BCUT2D eigenvalue weighted by Gasteiger charge is 2.25. The van der Waals surface area contributed by atoms with Crippen LogP contribution < -0.4 is 5.32 Å². The summed E-state index contributed by atoms with van der Waals surface area (Å²) in [4.78, 5) is 0. The minimum atomic E-state index is 0.636. The maximum absolute atomic E-state index is 3.68. The molecule has 1 aliphatic heterocycles. The highest BCUT2D eigenvalue weighted by Crippen LogP contribution is 2.33. The Balaban J connectivity index is 1.92. The minimum absolute atomic E-state index is 0.636. The van der Waals surface area contributed by atoms with Crippen molar-refractivity contribution in [2.24, 2.45) is 5.41 Å². The van der Waals surface area contributed by atoms with E-state index in [1.54, 1.807) is 0 Å². The van der Waals surface area contributed by atoms with Crippen LogP contribution in [-0.2, 0) is 0 Å². The molecule has 0 aromatic rings. The van der Waals surface area contributed by atoms with Crippen LogP contribution in [0, 0.1) is 5.41 Å². The molecule has 0 bridgehead atoms. The number of piperidine rings is 1. The van der Waals surface area contributed by atoms with Gasteiger partial charge in [-0.05, 0) is 63.1 Å². The van der Waals surface area contributed by atoms with Crippen molar-refractivity contribution >= 4 is 0 Å². The number of rotatable bonds is 9. The van der Waals surface area contributed by atoms with Gasteiger partial charge >= 0.3 is 0 Å². The first-order valence-electron chi connectivity index (χ1n) is 8.22. The lowest BCUT2D eigenvalue weighted by atomic mass is 9.77. The summed E-state index contributed by atoms with van der Waals surface area (Å²) in [6, 6.07) is 0. The van der Waals surface area contributed by atoms with Crippen molar-refractivity contribution in [3.63, 3.8) is 0 Å². The van der Waals surface area contributed by atoms with Crippen LogP contribution in [0.4, 0.5) is 0 Å². The largest absolute Gasteiger partial charge is 0.317 e. The Labute approximate surface area is 120 Å². The van der Waals surface area contributed by atoms with Gasteiger partial charge in [-0.1, -0.05) is 45.6 Å². The third kappa shape index (κ3) is 7.60. The number of unbranched alkanes of at least 4 members (excludes halogenated alkanes) is 5. The molecule has 0 aromatic carbocycles. The molecule has 1 rings (SSSR count). The number of allylic oxidation sites excluding steroid dienone is 1. The highest BCUT2D eigenvalue weighted by atomic mass is 14.9. The van der Waals surface area contributed by atoms with Crippen molar-refractivity contribution in [3.8, 4) is 0 Å². The van der Waals surface area contributed by atoms with E-state index in [2.05, 4.69) is 31.5 Å². The standard InChI is InChI=1S/C18H33N/c1-4-17(2)11-9-7-5-6-8-10-12-18(3)13-15-19-16-14-18/h19H,1,5-16H2,2-3H3. The average molecular weight is 263 g/mol. The van der Waals surface area contributed by atoms with Gasteiger partial charge in [0.05, 0.1) is 0 Å². The molecule has 1 nitrogen and oxygen atoms in total. The predicted octanol–water partition coefficient (Wildman–Crippen LogP) is 5.23. The quantitative estimate of drug-likeness (QED) is 0.444. The zero-order chi connectivity index (χ0) is 14.0. The Bertz CT molecular complexity index is 280. The van der Waals surface area contributed by atoms with Crippen LogP contribution in [0.15, 0.2) is 17.9 Å². The molecule has 0 amide bonds. The van der Waals surface area contributed by atoms with Gasteiger partial charge < -0.3 is 5.32 Å². The monoisotopic (exact) mass is 263 g/mol. The van der Waals surface area contributed by atoms with Crippen molar-refractivity contribution in [1.29, 1.82) is 0 Å². The lowest BCUT2D eigenvalue weighted by Gasteiger charge is -2.34. The van der Waals surface area contributed by atoms with Crippen LogP contribution in [0.2, 0.25) is 0 Å². The maximum atomic E-state index is 3.68. The Hall–Kier alpha value is -0.520. The molecular weight excluding hydrogens is 230 g/mol. The molecule has 0 radical (unpaired) electrons. The molecule has 0 aliphatic carbocycles. The summed E-state index contributed by atoms with van der Waals surface area (Å²) in [7, 11) is 0. The second-order valence-corrected chi connectivity index (χ2v) is 6.64. The van der Waals surface area contributed by atoms with E-state index in [1.807, 2.05) is 0 Å². The summed E-state index contributed by atoms with van der Waals surface area (Å²) in [5, 5.41) is 3.47. The lowest BCUT2D eigenvalue weighted by molar-refractivity contribution is 0.204. The van der Waals surface area contributed by atoms with E-state index in [4.69, 9.17) is 0 Å². The number of nitrogens with one attached hydrogen (secondary N) is 1. The summed E-state index contributed by atoms with van der Waals surface area (Å²) in [5.74, 6) is 0. The molecule has 0 spiro atoms. The van der Waals surface area contributed by atoms with Gasteiger partial charge in [0.25, 0.3) is 0 Å². The molecule has 19 heavy (non-hydrogen) atoms. The van der Waals surface area contributed by atoms with Gasteiger partial charge in [-0.25, -0.2) is 0 Å². The smallest absolute Gasteiger partial charge is 0.00437 e. The SMILES string of the molecule is C=C=C(C)CCCCCCCCC1(C)CCNCC1. The molecule has 1 heterocycles. The molecule has 110 valence electrons. The lowest BCUT2D eigenvalue weighted by Crippen LogP contribution is -2.34. The van der Waals surface area contributed by atoms with Gasteiger partial charge in [-0.15, -0.1) is 5.73 Å². The summed E-state index contributed by atoms with van der Waals surface area (Å²) in [6.45, 7) is 10.8. The molecule has 0 atom stereocenters. The topological polar surface area (TPSA) is 12.0 Å². The molecule has 1 aliphatic rings. The van der Waals surface area contributed by atoms with Crippen molar-refractivity contribution in [1.82, 2.24) is 5.32 Å². The molecule has 0 unspecified atom stereocenters. The number of hydrogen-bond acceptors (Lipinski definition) is 1. The van der Waals surface area contributed by atoms with Gasteiger partial charge in [-0.3, -0.25) is 0 Å². The van der Waals surface area contributed by atoms with Crippen molar-refractivity contribution < 1.29 is 0 Å². The fourth-order valence-corrected chi connectivity index (χ4v) is 3.02. The van der Waals surface area contributed by atoms with Crippen LogP contribution in [0.5, 0.6) is 0 Å². The Kier molecular flexibility index (Phi) is 8.18. The Morgan fingerprint density at radius 1 is 1.05 bits per heavy atom. The van der Waals surface area contributed by atoms with E-state index < -0.39 is 0 Å². The molecule has 1 saturated heterocycles. The zero-order valence-corrected chi connectivity index (χ0v) is 13.2. The van der Waals surface area contributed by atoms with Crippen molar-refractivity contribution in [2.45, 2.75) is 78.1 Å². The van der Waals surface area contributed by atoms with Crippen LogP contribution in [0.25, 0.3) is 0 Å². The first-order valence-corrected chi connectivity index (χ1v) is 8.22. The van der Waals surface area contributed by atoms with E-state index in [9.17, 15) is 0 Å². The summed E-state index contributed by atoms with van der Waals surface area (Å²) < 4.78 is 0. The average Bonchev–Trinajstić information content (AvgIpc) is 2.42. The summed E-state index contributed by atoms with van der Waals surface area (Å²) >= 11 is 0. The first kappa shape index (κ1) is 16.5. The number of hydrogen-bond donors (Lipinski definition) is 1. The fourth-order valence-electron chi connectivity index (χ4n) is 3.02. The molecule has 0 saturated carbocycles. The van der Waals surface area contributed by atoms with E-state index in [0.717, 1.165) is 0 Å². The van der Waals surface area contributed by atoms with Crippen LogP contribution in [-0.4, -0.2) is 13.1 Å². The third-order valence-electron chi connectivity index (χ3n) is 4.69. The van der Waals surface area contributed by atoms with Gasteiger partial charge in [0, 0.05) is 0 Å². The summed E-state index contributed by atoms with van der Waals surface area (Å²) in [5.41, 5.74) is 4.93. The van der Waals surface area contributed by atoms with E-state index >= 15 is 0 Å².